The number of hydrogen-bond acceptors (Lipinski definition) is 0. The smallest absolute Gasteiger partial charge is 0.0373 e. The van der Waals surface area contributed by atoms with Crippen LogP contribution in [0.15, 0.2) is 0 Å². The quantitative estimate of drug-likeness (QED) is 0.427. The van der Waals surface area contributed by atoms with Gasteiger partial charge in [0.05, 0.1) is 19.1 Å². The summed E-state index contributed by atoms with van der Waals surface area (Å²) in [6, 6.07) is 1.41. The molecule has 0 aromatic heterocycles. The fourth-order valence-electron chi connectivity index (χ4n) is 0. The molecule has 0 aromatic carbocycles. The average Bonchev–Trinajstić information content (AvgIpc) is 1.38. The molecule has 0 fully saturated rings. The third-order valence-electron chi connectivity index (χ3n) is 0.707. The van der Waals surface area contributed by atoms with Crippen LogP contribution < -0.4 is 0 Å². The van der Waals surface area contributed by atoms with E-state index < -0.39 is 0 Å². The highest BCUT2D eigenvalue weighted by Gasteiger charge is 2.02. The maximum Gasteiger partial charge on any atom is 0.307 e. The van der Waals surface area contributed by atoms with E-state index in [0.717, 1.165) is 0 Å². The van der Waals surface area contributed by atoms with Crippen LogP contribution in [0.4, 0.5) is 0 Å². The Hall–Kier alpha value is 0.217. The molecule has 0 saturated heterocycles. The molecule has 0 saturated carbocycles. The highest BCUT2D eigenvalue weighted by molar-refractivity contribution is 6.55. The van der Waals surface area contributed by atoms with E-state index in [4.69, 9.17) is 0 Å². The molecule has 0 amide bonds. The minimum atomic E-state index is 0.126. The molecule has 5 heavy (non-hydrogen) atoms. The van der Waals surface area contributed by atoms with Gasteiger partial charge in [-0.15, -0.1) is 0 Å². The lowest BCUT2D eigenvalue weighted by atomic mass is 11.0. The molecule has 0 unspecified atom stereocenters. The molecule has 0 heterocycles. The first kappa shape index (κ1) is 5.22. The van der Waals surface area contributed by atoms with Gasteiger partial charge in [0.1, 0.15) is 0 Å². The van der Waals surface area contributed by atoms with Crippen molar-refractivity contribution in [1.29, 1.82) is 0 Å². The molecule has 0 radical (unpaired) electrons. The highest BCUT2D eigenvalue weighted by Crippen LogP contribution is 1.83. The monoisotopic (exact) mass is 87.1 g/mol. The topological polar surface area (TPSA) is 0 Å². The van der Waals surface area contributed by atoms with E-state index in [1.54, 1.807) is 0 Å². The predicted octanol–water partition coefficient (Wildman–Crippen LogP) is 1.76. The number of hydrogen-bond donors (Lipinski definition) is 0. The summed E-state index contributed by atoms with van der Waals surface area (Å²) in [6.45, 7) is 6.89. The summed E-state index contributed by atoms with van der Waals surface area (Å²) in [5, 5.41) is 0. The molecule has 0 N–H and O–H groups in total. The predicted molar refractivity (Wildman–Crippen MR) is 28.0 cm³/mol. The van der Waals surface area contributed by atoms with Gasteiger partial charge in [-0.2, -0.15) is 0 Å². The van der Waals surface area contributed by atoms with Crippen molar-refractivity contribution in [3.8, 4) is 0 Å². The lowest BCUT2D eigenvalue weighted by Gasteiger charge is -1.70. The van der Waals surface area contributed by atoms with Crippen LogP contribution in [-0.4, -0.2) is 8.80 Å². The summed E-state index contributed by atoms with van der Waals surface area (Å²) in [4.78, 5) is 0. The zero-order valence-electron chi connectivity index (χ0n) is 4.21. The molecule has 0 rings (SSSR count). The normalized spacial score (nSPS) is 7.80. The fourth-order valence-corrected chi connectivity index (χ4v) is 0. The lowest BCUT2D eigenvalue weighted by Crippen LogP contribution is -1.92. The number of rotatable bonds is 1. The van der Waals surface area contributed by atoms with Crippen molar-refractivity contribution in [2.45, 2.75) is 26.1 Å². The Bertz CT molecular complexity index is 17.6. The van der Waals surface area contributed by atoms with E-state index in [-0.39, 0.29) is 8.80 Å². The second-order valence-electron chi connectivity index (χ2n) is 1.56. The van der Waals surface area contributed by atoms with Crippen LogP contribution in [0.3, 0.4) is 0 Å². The van der Waals surface area contributed by atoms with Crippen LogP contribution in [0.1, 0.15) is 6.92 Å². The van der Waals surface area contributed by atoms with Gasteiger partial charge in [0.15, 0.2) is 0 Å². The van der Waals surface area contributed by atoms with Gasteiger partial charge < -0.3 is 0 Å². The van der Waals surface area contributed by atoms with Crippen LogP contribution in [0, 0.1) is 0 Å². The van der Waals surface area contributed by atoms with Crippen LogP contribution in [0.2, 0.25) is 19.1 Å². The summed E-state index contributed by atoms with van der Waals surface area (Å²) < 4.78 is 0. The van der Waals surface area contributed by atoms with E-state index >= 15 is 0 Å². The Balaban J connectivity index is 2.54. The summed E-state index contributed by atoms with van der Waals surface area (Å²) in [6.07, 6.45) is 0. The third kappa shape index (κ3) is 4.22. The first-order chi connectivity index (χ1) is 2.27. The second-order valence-corrected chi connectivity index (χ2v) is 4.68. The molecule has 0 spiro atoms. The molecular weight excluding hydrogens is 76.1 g/mol. The maximum atomic E-state index is 2.32. The van der Waals surface area contributed by atoms with E-state index in [1.165, 1.54) is 6.04 Å². The maximum absolute atomic E-state index is 2.32. The van der Waals surface area contributed by atoms with Crippen molar-refractivity contribution < 1.29 is 0 Å². The van der Waals surface area contributed by atoms with Crippen LogP contribution in [0.25, 0.3) is 0 Å². The first-order valence-electron chi connectivity index (χ1n) is 2.06. The lowest BCUT2D eigenvalue weighted by molar-refractivity contribution is 1.41. The summed E-state index contributed by atoms with van der Waals surface area (Å²) in [5.41, 5.74) is 0. The Labute approximate surface area is 35.8 Å². The van der Waals surface area contributed by atoms with Crippen molar-refractivity contribution in [2.24, 2.45) is 0 Å². The third-order valence-corrected chi connectivity index (χ3v) is 2.12. The largest absolute Gasteiger partial charge is 0.307 e. The Morgan fingerprint density at radius 1 is 1.40 bits per heavy atom. The van der Waals surface area contributed by atoms with Crippen LogP contribution in [-0.2, 0) is 0 Å². The summed E-state index contributed by atoms with van der Waals surface area (Å²) >= 11 is 0. The zero-order chi connectivity index (χ0) is 4.28. The molecule has 0 aliphatic carbocycles. The highest BCUT2D eigenvalue weighted by atomic mass is 28.3. The van der Waals surface area contributed by atoms with Crippen molar-refractivity contribution in [3.05, 3.63) is 0 Å². The molecule has 0 aromatic rings. The molecule has 0 aliphatic rings. The fraction of sp³-hybridized carbons (Fsp3) is 1.00. The van der Waals surface area contributed by atoms with E-state index in [2.05, 4.69) is 20.0 Å². The standard InChI is InChI=1S/C4H11Si/c1-4-5(2)3/h4H2,1-3H3/q+1. The van der Waals surface area contributed by atoms with E-state index in [1.807, 2.05) is 0 Å². The second kappa shape index (κ2) is 2.45. The van der Waals surface area contributed by atoms with Gasteiger partial charge in [-0.25, -0.2) is 0 Å². The van der Waals surface area contributed by atoms with Crippen molar-refractivity contribution >= 4 is 8.80 Å². The zero-order valence-corrected chi connectivity index (χ0v) is 5.21. The van der Waals surface area contributed by atoms with Gasteiger partial charge in [-0.1, -0.05) is 0 Å². The van der Waals surface area contributed by atoms with Gasteiger partial charge in [0.25, 0.3) is 0 Å². The SMILES string of the molecule is CC[Si+](C)C. The molecular formula is C4H11Si+. The summed E-state index contributed by atoms with van der Waals surface area (Å²) in [5.74, 6) is 0. The first-order valence-corrected chi connectivity index (χ1v) is 4.77. The van der Waals surface area contributed by atoms with Gasteiger partial charge in [0.2, 0.25) is 0 Å². The summed E-state index contributed by atoms with van der Waals surface area (Å²) in [7, 11) is 0.126. The molecule has 0 atom stereocenters. The van der Waals surface area contributed by atoms with E-state index in [9.17, 15) is 0 Å². The molecule has 0 bridgehead atoms. The van der Waals surface area contributed by atoms with Gasteiger partial charge in [-0.05, 0) is 6.92 Å². The van der Waals surface area contributed by atoms with Crippen molar-refractivity contribution in [1.82, 2.24) is 0 Å². The molecule has 30 valence electrons. The minimum absolute atomic E-state index is 0.126. The van der Waals surface area contributed by atoms with E-state index in [0.29, 0.717) is 0 Å². The van der Waals surface area contributed by atoms with Gasteiger partial charge in [0, 0.05) is 0 Å². The molecule has 0 nitrogen and oxygen atoms in total. The molecule has 1 heteroatoms. The Morgan fingerprint density at radius 3 is 1.60 bits per heavy atom. The average molecular weight is 87.2 g/mol. The Kier molecular flexibility index (Phi) is 2.56. The minimum Gasteiger partial charge on any atom is -0.0373 e. The van der Waals surface area contributed by atoms with Gasteiger partial charge in [-0.3, -0.25) is 0 Å². The van der Waals surface area contributed by atoms with Crippen LogP contribution >= 0.6 is 0 Å². The van der Waals surface area contributed by atoms with Crippen LogP contribution in [0.5, 0.6) is 0 Å². The van der Waals surface area contributed by atoms with Crippen molar-refractivity contribution in [3.63, 3.8) is 0 Å². The molecule has 0 aliphatic heterocycles. The van der Waals surface area contributed by atoms with Crippen molar-refractivity contribution in [2.75, 3.05) is 0 Å². The Morgan fingerprint density at radius 2 is 1.60 bits per heavy atom. The van der Waals surface area contributed by atoms with Gasteiger partial charge >= 0.3 is 8.80 Å².